The number of H-pyrrole nitrogens is 1. The molecule has 1 aliphatic heterocycles. The van der Waals surface area contributed by atoms with Crippen LogP contribution in [0.25, 0.3) is 11.0 Å². The first-order chi connectivity index (χ1) is 13.1. The molecule has 2 heterocycles. The van der Waals surface area contributed by atoms with Gasteiger partial charge in [-0.05, 0) is 38.0 Å². The average molecular weight is 367 g/mol. The SMILES string of the molecule is CCOC(=O)C1CCN(C(=O)/C(C#N)=C\Nc2ccc3nc[nH]c3c2)CC1. The van der Waals surface area contributed by atoms with E-state index >= 15 is 0 Å². The Labute approximate surface area is 156 Å². The van der Waals surface area contributed by atoms with Gasteiger partial charge in [0.2, 0.25) is 0 Å². The molecule has 27 heavy (non-hydrogen) atoms. The Hall–Kier alpha value is -3.34. The monoisotopic (exact) mass is 367 g/mol. The summed E-state index contributed by atoms with van der Waals surface area (Å²) in [6, 6.07) is 7.47. The third-order valence-electron chi connectivity index (χ3n) is 4.56. The molecule has 2 aromatic rings. The Kier molecular flexibility index (Phi) is 5.71. The van der Waals surface area contributed by atoms with E-state index in [-0.39, 0.29) is 23.4 Å². The van der Waals surface area contributed by atoms with Gasteiger partial charge in [0.1, 0.15) is 11.6 Å². The van der Waals surface area contributed by atoms with Crippen molar-refractivity contribution in [2.75, 3.05) is 25.0 Å². The van der Waals surface area contributed by atoms with Gasteiger partial charge >= 0.3 is 5.97 Å². The van der Waals surface area contributed by atoms with E-state index in [1.165, 1.54) is 6.20 Å². The molecule has 0 spiro atoms. The summed E-state index contributed by atoms with van der Waals surface area (Å²) in [5.74, 6) is -0.728. The Morgan fingerprint density at radius 2 is 2.22 bits per heavy atom. The molecule has 0 unspecified atom stereocenters. The molecule has 1 aromatic heterocycles. The van der Waals surface area contributed by atoms with E-state index in [1.54, 1.807) is 18.2 Å². The second-order valence-electron chi connectivity index (χ2n) is 6.27. The van der Waals surface area contributed by atoms with E-state index in [9.17, 15) is 14.9 Å². The number of carbonyl (C=O) groups excluding carboxylic acids is 2. The van der Waals surface area contributed by atoms with Crippen molar-refractivity contribution in [2.24, 2.45) is 5.92 Å². The van der Waals surface area contributed by atoms with Crippen LogP contribution in [-0.2, 0) is 14.3 Å². The Morgan fingerprint density at radius 3 is 2.93 bits per heavy atom. The first-order valence-electron chi connectivity index (χ1n) is 8.88. The van der Waals surface area contributed by atoms with Crippen LogP contribution in [0.5, 0.6) is 0 Å². The summed E-state index contributed by atoms with van der Waals surface area (Å²) in [5, 5.41) is 12.3. The van der Waals surface area contributed by atoms with Crippen LogP contribution in [0.15, 0.2) is 36.3 Å². The van der Waals surface area contributed by atoms with Gasteiger partial charge in [0.25, 0.3) is 5.91 Å². The van der Waals surface area contributed by atoms with Gasteiger partial charge in [0.05, 0.1) is 29.9 Å². The molecule has 140 valence electrons. The number of piperidine rings is 1. The number of fused-ring (bicyclic) bond motifs is 1. The lowest BCUT2D eigenvalue weighted by Crippen LogP contribution is -2.41. The predicted octanol–water partition coefficient (Wildman–Crippen LogP) is 2.18. The van der Waals surface area contributed by atoms with Crippen LogP contribution in [0.3, 0.4) is 0 Å². The highest BCUT2D eigenvalue weighted by atomic mass is 16.5. The van der Waals surface area contributed by atoms with Gasteiger partial charge in [-0.25, -0.2) is 4.98 Å². The minimum absolute atomic E-state index is 0.0225. The second-order valence-corrected chi connectivity index (χ2v) is 6.27. The minimum Gasteiger partial charge on any atom is -0.466 e. The summed E-state index contributed by atoms with van der Waals surface area (Å²) in [7, 11) is 0. The number of nitriles is 1. The summed E-state index contributed by atoms with van der Waals surface area (Å²) in [6.07, 6.45) is 4.12. The molecule has 1 aromatic carbocycles. The third kappa shape index (κ3) is 4.26. The van der Waals surface area contributed by atoms with Crippen LogP contribution in [0.4, 0.5) is 5.69 Å². The van der Waals surface area contributed by atoms with E-state index in [4.69, 9.17) is 4.74 Å². The van der Waals surface area contributed by atoms with Crippen molar-refractivity contribution in [1.29, 1.82) is 5.26 Å². The number of hydrogen-bond acceptors (Lipinski definition) is 6. The fourth-order valence-corrected chi connectivity index (χ4v) is 3.07. The van der Waals surface area contributed by atoms with Gasteiger partial charge in [0.15, 0.2) is 0 Å². The van der Waals surface area contributed by atoms with Crippen molar-refractivity contribution in [1.82, 2.24) is 14.9 Å². The van der Waals surface area contributed by atoms with E-state index in [0.717, 1.165) is 16.7 Å². The number of esters is 1. The highest BCUT2D eigenvalue weighted by Gasteiger charge is 2.29. The summed E-state index contributed by atoms with van der Waals surface area (Å²) >= 11 is 0. The number of ether oxygens (including phenoxy) is 1. The van der Waals surface area contributed by atoms with Crippen molar-refractivity contribution in [2.45, 2.75) is 19.8 Å². The fourth-order valence-electron chi connectivity index (χ4n) is 3.07. The molecule has 1 fully saturated rings. The number of aromatic amines is 1. The lowest BCUT2D eigenvalue weighted by Gasteiger charge is -2.30. The maximum Gasteiger partial charge on any atom is 0.309 e. The Balaban J connectivity index is 1.61. The average Bonchev–Trinajstić information content (AvgIpc) is 3.16. The van der Waals surface area contributed by atoms with E-state index in [2.05, 4.69) is 15.3 Å². The van der Waals surface area contributed by atoms with Crippen molar-refractivity contribution in [3.63, 3.8) is 0 Å². The molecular formula is C19H21N5O3. The number of likely N-dealkylation sites (tertiary alicyclic amines) is 1. The Bertz CT molecular complexity index is 903. The van der Waals surface area contributed by atoms with Crippen molar-refractivity contribution in [3.05, 3.63) is 36.3 Å². The lowest BCUT2D eigenvalue weighted by atomic mass is 9.96. The van der Waals surface area contributed by atoms with Gasteiger partial charge in [-0.15, -0.1) is 0 Å². The highest BCUT2D eigenvalue weighted by molar-refractivity contribution is 5.97. The number of hydrogen-bond donors (Lipinski definition) is 2. The number of nitrogens with one attached hydrogen (secondary N) is 2. The zero-order valence-corrected chi connectivity index (χ0v) is 15.1. The number of anilines is 1. The predicted molar refractivity (Wildman–Crippen MR) is 99.3 cm³/mol. The van der Waals surface area contributed by atoms with Crippen LogP contribution in [0.1, 0.15) is 19.8 Å². The molecule has 0 saturated carbocycles. The molecule has 2 N–H and O–H groups in total. The topological polar surface area (TPSA) is 111 Å². The quantitative estimate of drug-likeness (QED) is 0.476. The molecule has 8 nitrogen and oxygen atoms in total. The van der Waals surface area contributed by atoms with Crippen molar-refractivity contribution < 1.29 is 14.3 Å². The normalized spacial score (nSPS) is 15.4. The molecule has 1 amide bonds. The maximum atomic E-state index is 12.6. The second kappa shape index (κ2) is 8.36. The third-order valence-corrected chi connectivity index (χ3v) is 4.56. The van der Waals surface area contributed by atoms with Gasteiger partial charge < -0.3 is 19.9 Å². The number of rotatable bonds is 5. The molecular weight excluding hydrogens is 346 g/mol. The molecule has 8 heteroatoms. The summed E-state index contributed by atoms with van der Waals surface area (Å²) < 4.78 is 5.03. The molecule has 0 atom stereocenters. The smallest absolute Gasteiger partial charge is 0.309 e. The molecule has 0 radical (unpaired) electrons. The van der Waals surface area contributed by atoms with Gasteiger partial charge in [-0.3, -0.25) is 9.59 Å². The zero-order valence-electron chi connectivity index (χ0n) is 15.1. The zero-order chi connectivity index (χ0) is 19.2. The lowest BCUT2D eigenvalue weighted by molar-refractivity contribution is -0.150. The molecule has 3 rings (SSSR count). The van der Waals surface area contributed by atoms with E-state index in [0.29, 0.717) is 32.5 Å². The van der Waals surface area contributed by atoms with Crippen LogP contribution in [0.2, 0.25) is 0 Å². The number of aromatic nitrogens is 2. The first-order valence-corrected chi connectivity index (χ1v) is 8.88. The number of imidazole rings is 1. The number of nitrogens with zero attached hydrogens (tertiary/aromatic N) is 3. The van der Waals surface area contributed by atoms with Crippen LogP contribution < -0.4 is 5.32 Å². The van der Waals surface area contributed by atoms with Crippen LogP contribution in [0, 0.1) is 17.2 Å². The fraction of sp³-hybridized carbons (Fsp3) is 0.368. The highest BCUT2D eigenvalue weighted by Crippen LogP contribution is 2.20. The number of benzene rings is 1. The van der Waals surface area contributed by atoms with Crippen LogP contribution >= 0.6 is 0 Å². The summed E-state index contributed by atoms with van der Waals surface area (Å²) in [6.45, 7) is 3.00. The van der Waals surface area contributed by atoms with Gasteiger partial charge in [-0.1, -0.05) is 0 Å². The minimum atomic E-state index is -0.338. The summed E-state index contributed by atoms with van der Waals surface area (Å²) in [4.78, 5) is 33.1. The molecule has 0 bridgehead atoms. The number of carbonyl (C=O) groups is 2. The van der Waals surface area contributed by atoms with Crippen molar-refractivity contribution in [3.8, 4) is 6.07 Å². The first kappa shape index (κ1) is 18.5. The molecule has 1 aliphatic rings. The van der Waals surface area contributed by atoms with Crippen LogP contribution in [-0.4, -0.2) is 46.4 Å². The Morgan fingerprint density at radius 1 is 1.44 bits per heavy atom. The largest absolute Gasteiger partial charge is 0.466 e. The summed E-state index contributed by atoms with van der Waals surface area (Å²) in [5.41, 5.74) is 2.47. The van der Waals surface area contributed by atoms with E-state index < -0.39 is 0 Å². The maximum absolute atomic E-state index is 12.6. The van der Waals surface area contributed by atoms with E-state index in [1.807, 2.05) is 24.3 Å². The standard InChI is InChI=1S/C19H21N5O3/c1-2-27-19(26)13-5-7-24(8-6-13)18(25)14(10-20)11-21-15-3-4-16-17(9-15)23-12-22-16/h3-4,9,11-13,21H,2,5-8H2,1H3,(H,22,23)/b14-11-. The van der Waals surface area contributed by atoms with Crippen molar-refractivity contribution >= 4 is 28.6 Å². The van der Waals surface area contributed by atoms with Gasteiger partial charge in [0, 0.05) is 25.0 Å². The van der Waals surface area contributed by atoms with Gasteiger partial charge in [-0.2, -0.15) is 5.26 Å². The molecule has 1 saturated heterocycles. The number of amides is 1. The molecule has 0 aliphatic carbocycles.